The first-order valence-electron chi connectivity index (χ1n) is 6.46. The summed E-state index contributed by atoms with van der Waals surface area (Å²) in [6, 6.07) is 5.46. The first-order chi connectivity index (χ1) is 9.26. The number of nitrogens with zero attached hydrogens (tertiary/aromatic N) is 4. The molecule has 2 aromatic heterocycles. The molecule has 0 radical (unpaired) electrons. The van der Waals surface area contributed by atoms with Crippen LogP contribution in [0.25, 0.3) is 11.6 Å². The van der Waals surface area contributed by atoms with Crippen molar-refractivity contribution in [3.63, 3.8) is 0 Å². The molecule has 0 aliphatic heterocycles. The molecule has 5 nitrogen and oxygen atoms in total. The third-order valence-electron chi connectivity index (χ3n) is 3.61. The number of hydrogen-bond acceptors (Lipinski definition) is 5. The molecule has 1 aliphatic rings. The molecule has 1 fully saturated rings. The Morgan fingerprint density at radius 2 is 2.26 bits per heavy atom. The molecule has 5 heteroatoms. The minimum atomic E-state index is 0.408. The van der Waals surface area contributed by atoms with Crippen LogP contribution in [0.5, 0.6) is 0 Å². The summed E-state index contributed by atoms with van der Waals surface area (Å²) >= 11 is 0. The molecule has 0 saturated heterocycles. The van der Waals surface area contributed by atoms with Gasteiger partial charge in [0, 0.05) is 12.1 Å². The summed E-state index contributed by atoms with van der Waals surface area (Å²) in [5.74, 6) is 2.36. The van der Waals surface area contributed by atoms with Gasteiger partial charge in [0.15, 0.2) is 5.82 Å². The van der Waals surface area contributed by atoms with Gasteiger partial charge in [-0.25, -0.2) is 4.98 Å². The standard InChI is InChI=1S/C14H14N4O/c1-9-2-4-11(6-9)13-17-14(19-18-13)12-5-3-10(7-15)8-16-12/h3,5,8-9,11H,2,4,6H2,1H3. The van der Waals surface area contributed by atoms with E-state index in [1.165, 1.54) is 12.6 Å². The van der Waals surface area contributed by atoms with E-state index in [0.717, 1.165) is 24.6 Å². The van der Waals surface area contributed by atoms with Gasteiger partial charge in [-0.3, -0.25) is 0 Å². The Hall–Kier alpha value is -2.22. The summed E-state index contributed by atoms with van der Waals surface area (Å²) in [5.41, 5.74) is 1.14. The van der Waals surface area contributed by atoms with Gasteiger partial charge in [0.05, 0.1) is 5.56 Å². The quantitative estimate of drug-likeness (QED) is 0.823. The van der Waals surface area contributed by atoms with Gasteiger partial charge in [-0.05, 0) is 37.3 Å². The molecule has 3 rings (SSSR count). The maximum Gasteiger partial charge on any atom is 0.276 e. The SMILES string of the molecule is CC1CCC(c2noc(-c3ccc(C#N)cn3)n2)C1. The van der Waals surface area contributed by atoms with Gasteiger partial charge < -0.3 is 4.52 Å². The van der Waals surface area contributed by atoms with E-state index < -0.39 is 0 Å². The van der Waals surface area contributed by atoms with E-state index in [0.29, 0.717) is 23.1 Å². The average molecular weight is 254 g/mol. The van der Waals surface area contributed by atoms with Crippen molar-refractivity contribution < 1.29 is 4.52 Å². The molecule has 2 heterocycles. The smallest absolute Gasteiger partial charge is 0.276 e. The van der Waals surface area contributed by atoms with E-state index in [1.807, 2.05) is 6.07 Å². The topological polar surface area (TPSA) is 75.6 Å². The van der Waals surface area contributed by atoms with Crippen molar-refractivity contribution in [2.24, 2.45) is 5.92 Å². The predicted molar refractivity (Wildman–Crippen MR) is 68.0 cm³/mol. The van der Waals surface area contributed by atoms with Crippen LogP contribution in [0, 0.1) is 17.2 Å². The van der Waals surface area contributed by atoms with Crippen molar-refractivity contribution in [1.29, 1.82) is 5.26 Å². The molecular formula is C14H14N4O. The Morgan fingerprint density at radius 3 is 2.89 bits per heavy atom. The Bertz CT molecular complexity index is 611. The van der Waals surface area contributed by atoms with Crippen LogP contribution in [0.2, 0.25) is 0 Å². The molecule has 2 atom stereocenters. The normalized spacial score (nSPS) is 22.3. The minimum Gasteiger partial charge on any atom is -0.332 e. The maximum atomic E-state index is 8.73. The molecule has 0 N–H and O–H groups in total. The molecule has 1 saturated carbocycles. The Morgan fingerprint density at radius 1 is 1.37 bits per heavy atom. The van der Waals surface area contributed by atoms with Gasteiger partial charge in [0.1, 0.15) is 11.8 Å². The number of hydrogen-bond donors (Lipinski definition) is 0. The van der Waals surface area contributed by atoms with E-state index in [2.05, 4.69) is 22.0 Å². The molecule has 0 aromatic carbocycles. The first kappa shape index (κ1) is 11.8. The van der Waals surface area contributed by atoms with Crippen molar-refractivity contribution >= 4 is 0 Å². The fourth-order valence-corrected chi connectivity index (χ4v) is 2.53. The highest BCUT2D eigenvalue weighted by Crippen LogP contribution is 2.36. The van der Waals surface area contributed by atoms with Crippen LogP contribution in [0.15, 0.2) is 22.9 Å². The highest BCUT2D eigenvalue weighted by atomic mass is 16.5. The van der Waals surface area contributed by atoms with Gasteiger partial charge in [0.25, 0.3) is 5.89 Å². The lowest BCUT2D eigenvalue weighted by atomic mass is 10.1. The van der Waals surface area contributed by atoms with Crippen LogP contribution in [0.3, 0.4) is 0 Å². The number of pyridine rings is 1. The van der Waals surface area contributed by atoms with Crippen molar-refractivity contribution in [3.05, 3.63) is 29.7 Å². The molecule has 1 aliphatic carbocycles. The largest absolute Gasteiger partial charge is 0.332 e. The summed E-state index contributed by atoms with van der Waals surface area (Å²) in [4.78, 5) is 8.59. The van der Waals surface area contributed by atoms with Crippen molar-refractivity contribution in [2.45, 2.75) is 32.1 Å². The van der Waals surface area contributed by atoms with Crippen molar-refractivity contribution in [1.82, 2.24) is 15.1 Å². The van der Waals surface area contributed by atoms with Crippen LogP contribution < -0.4 is 0 Å². The molecule has 2 aromatic rings. The summed E-state index contributed by atoms with van der Waals surface area (Å²) in [7, 11) is 0. The van der Waals surface area contributed by atoms with Gasteiger partial charge in [-0.1, -0.05) is 12.1 Å². The van der Waals surface area contributed by atoms with Gasteiger partial charge >= 0.3 is 0 Å². The lowest BCUT2D eigenvalue weighted by molar-refractivity contribution is 0.413. The highest BCUT2D eigenvalue weighted by Gasteiger charge is 2.27. The lowest BCUT2D eigenvalue weighted by Crippen LogP contribution is -1.96. The second kappa shape index (κ2) is 4.81. The second-order valence-corrected chi connectivity index (χ2v) is 5.12. The average Bonchev–Trinajstić information content (AvgIpc) is 3.07. The number of aromatic nitrogens is 3. The van der Waals surface area contributed by atoms with Gasteiger partial charge in [-0.15, -0.1) is 0 Å². The third-order valence-corrected chi connectivity index (χ3v) is 3.61. The van der Waals surface area contributed by atoms with Crippen LogP contribution >= 0.6 is 0 Å². The predicted octanol–water partition coefficient (Wildman–Crippen LogP) is 2.91. The fraction of sp³-hybridized carbons (Fsp3) is 0.429. The van der Waals surface area contributed by atoms with E-state index in [-0.39, 0.29) is 0 Å². The third kappa shape index (κ3) is 2.34. The summed E-state index contributed by atoms with van der Waals surface area (Å²) in [6.07, 6.45) is 4.99. The zero-order valence-corrected chi connectivity index (χ0v) is 10.7. The van der Waals surface area contributed by atoms with Crippen LogP contribution in [0.1, 0.15) is 43.5 Å². The fourth-order valence-electron chi connectivity index (χ4n) is 2.53. The van der Waals surface area contributed by atoms with Gasteiger partial charge in [-0.2, -0.15) is 10.2 Å². The number of rotatable bonds is 2. The van der Waals surface area contributed by atoms with Crippen LogP contribution in [-0.2, 0) is 0 Å². The highest BCUT2D eigenvalue weighted by molar-refractivity contribution is 5.47. The summed E-state index contributed by atoms with van der Waals surface area (Å²) in [5, 5.41) is 12.8. The van der Waals surface area contributed by atoms with E-state index in [9.17, 15) is 0 Å². The van der Waals surface area contributed by atoms with E-state index in [1.54, 1.807) is 12.1 Å². The maximum absolute atomic E-state index is 8.73. The zero-order valence-electron chi connectivity index (χ0n) is 10.7. The Kier molecular flexibility index (Phi) is 3.00. The monoisotopic (exact) mass is 254 g/mol. The lowest BCUT2D eigenvalue weighted by Gasteiger charge is -2.01. The Labute approximate surface area is 111 Å². The molecule has 0 spiro atoms. The summed E-state index contributed by atoms with van der Waals surface area (Å²) < 4.78 is 5.27. The zero-order chi connectivity index (χ0) is 13.2. The molecule has 19 heavy (non-hydrogen) atoms. The van der Waals surface area contributed by atoms with Crippen molar-refractivity contribution in [3.8, 4) is 17.7 Å². The van der Waals surface area contributed by atoms with Crippen LogP contribution in [-0.4, -0.2) is 15.1 Å². The second-order valence-electron chi connectivity index (χ2n) is 5.12. The first-order valence-corrected chi connectivity index (χ1v) is 6.46. The number of nitriles is 1. The van der Waals surface area contributed by atoms with Crippen molar-refractivity contribution in [2.75, 3.05) is 0 Å². The summed E-state index contributed by atoms with van der Waals surface area (Å²) in [6.45, 7) is 2.25. The molecule has 96 valence electrons. The molecular weight excluding hydrogens is 240 g/mol. The molecule has 0 amide bonds. The van der Waals surface area contributed by atoms with Crippen LogP contribution in [0.4, 0.5) is 0 Å². The molecule has 2 unspecified atom stereocenters. The minimum absolute atomic E-state index is 0.408. The van der Waals surface area contributed by atoms with E-state index >= 15 is 0 Å². The van der Waals surface area contributed by atoms with Gasteiger partial charge in [0.2, 0.25) is 0 Å². The van der Waals surface area contributed by atoms with E-state index in [4.69, 9.17) is 9.78 Å². The molecule has 0 bridgehead atoms. The Balaban J connectivity index is 1.82.